The maximum absolute atomic E-state index is 10.8. The molecule has 0 saturated carbocycles. The number of carboxylic acids is 1. The zero-order chi connectivity index (χ0) is 15.5. The van der Waals surface area contributed by atoms with Crippen molar-refractivity contribution >= 4 is 11.7 Å². The highest BCUT2D eigenvalue weighted by atomic mass is 16.4. The van der Waals surface area contributed by atoms with Gasteiger partial charge in [0.05, 0.1) is 5.56 Å². The minimum Gasteiger partial charge on any atom is -0.478 e. The topological polar surface area (TPSA) is 106 Å². The highest BCUT2D eigenvalue weighted by Crippen LogP contribution is 2.25. The third-order valence-electron chi connectivity index (χ3n) is 3.02. The number of aromatic nitrogens is 2. The van der Waals surface area contributed by atoms with Gasteiger partial charge < -0.3 is 9.52 Å². The second kappa shape index (κ2) is 5.57. The van der Waals surface area contributed by atoms with Gasteiger partial charge in [0.2, 0.25) is 11.8 Å². The fourth-order valence-electron chi connectivity index (χ4n) is 1.88. The van der Waals surface area contributed by atoms with Crippen LogP contribution in [-0.2, 0) is 0 Å². The van der Waals surface area contributed by atoms with E-state index in [4.69, 9.17) is 9.52 Å². The number of nitroso groups, excluding NO2 is 1. The third kappa shape index (κ3) is 2.59. The smallest absolute Gasteiger partial charge is 0.335 e. The van der Waals surface area contributed by atoms with Crippen LogP contribution in [0.15, 0.2) is 58.1 Å². The summed E-state index contributed by atoms with van der Waals surface area (Å²) in [7, 11) is 0. The van der Waals surface area contributed by atoms with E-state index in [0.29, 0.717) is 22.7 Å². The Morgan fingerprint density at radius 2 is 1.41 bits per heavy atom. The predicted molar refractivity (Wildman–Crippen MR) is 77.6 cm³/mol. The van der Waals surface area contributed by atoms with E-state index in [9.17, 15) is 9.70 Å². The van der Waals surface area contributed by atoms with Gasteiger partial charge in [-0.3, -0.25) is 0 Å². The first kappa shape index (κ1) is 13.6. The highest BCUT2D eigenvalue weighted by Gasteiger charge is 2.11. The second-order valence-corrected chi connectivity index (χ2v) is 4.43. The van der Waals surface area contributed by atoms with Crippen molar-refractivity contribution in [1.29, 1.82) is 0 Å². The fourth-order valence-corrected chi connectivity index (χ4v) is 1.88. The van der Waals surface area contributed by atoms with E-state index in [-0.39, 0.29) is 11.5 Å². The van der Waals surface area contributed by atoms with Crippen molar-refractivity contribution in [2.24, 2.45) is 5.18 Å². The molecule has 0 unspecified atom stereocenters. The number of hydrogen-bond acceptors (Lipinski definition) is 6. The largest absolute Gasteiger partial charge is 0.478 e. The normalized spacial score (nSPS) is 10.4. The minimum absolute atomic E-state index is 0.181. The van der Waals surface area contributed by atoms with Gasteiger partial charge >= 0.3 is 5.97 Å². The summed E-state index contributed by atoms with van der Waals surface area (Å²) in [5, 5.41) is 19.5. The van der Waals surface area contributed by atoms with Crippen LogP contribution < -0.4 is 0 Å². The lowest BCUT2D eigenvalue weighted by Crippen LogP contribution is -1.94. The van der Waals surface area contributed by atoms with E-state index in [1.807, 2.05) is 0 Å². The molecule has 1 heterocycles. The first-order valence-electron chi connectivity index (χ1n) is 6.28. The van der Waals surface area contributed by atoms with Crippen LogP contribution in [0, 0.1) is 4.91 Å². The number of carboxylic acid groups (broad SMARTS) is 1. The van der Waals surface area contributed by atoms with Crippen molar-refractivity contribution in [2.45, 2.75) is 0 Å². The van der Waals surface area contributed by atoms with E-state index in [0.717, 1.165) is 0 Å². The Morgan fingerprint density at radius 3 is 1.86 bits per heavy atom. The SMILES string of the molecule is O=Nc1ccc(-c2nnc(-c3ccc(C(=O)O)cc3)o2)cc1. The molecule has 0 aliphatic heterocycles. The van der Waals surface area contributed by atoms with Gasteiger partial charge in [0.15, 0.2) is 0 Å². The number of carbonyl (C=O) groups is 1. The molecular formula is C15H9N3O4. The van der Waals surface area contributed by atoms with Crippen LogP contribution >= 0.6 is 0 Å². The van der Waals surface area contributed by atoms with Gasteiger partial charge in [-0.15, -0.1) is 15.1 Å². The predicted octanol–water partition coefficient (Wildman–Crippen LogP) is 3.50. The Kier molecular flexibility index (Phi) is 3.45. The number of benzene rings is 2. The molecule has 0 spiro atoms. The van der Waals surface area contributed by atoms with Crippen LogP contribution in [0.3, 0.4) is 0 Å². The van der Waals surface area contributed by atoms with Crippen molar-refractivity contribution in [2.75, 3.05) is 0 Å². The van der Waals surface area contributed by atoms with E-state index < -0.39 is 5.97 Å². The quantitative estimate of drug-likeness (QED) is 0.738. The summed E-state index contributed by atoms with van der Waals surface area (Å²) in [6, 6.07) is 12.5. The van der Waals surface area contributed by atoms with Gasteiger partial charge in [0, 0.05) is 11.1 Å². The van der Waals surface area contributed by atoms with Crippen LogP contribution in [0.4, 0.5) is 5.69 Å². The van der Waals surface area contributed by atoms with E-state index in [2.05, 4.69) is 15.4 Å². The zero-order valence-electron chi connectivity index (χ0n) is 11.1. The molecule has 3 rings (SSSR count). The summed E-state index contributed by atoms with van der Waals surface area (Å²) in [6.07, 6.45) is 0. The molecule has 0 radical (unpaired) electrons. The highest BCUT2D eigenvalue weighted by molar-refractivity contribution is 5.88. The van der Waals surface area contributed by atoms with E-state index in [1.165, 1.54) is 12.1 Å². The van der Waals surface area contributed by atoms with Crippen LogP contribution in [0.25, 0.3) is 22.9 Å². The summed E-state index contributed by atoms with van der Waals surface area (Å²) in [5.41, 5.74) is 1.77. The number of nitrogens with zero attached hydrogens (tertiary/aromatic N) is 3. The molecular weight excluding hydrogens is 286 g/mol. The minimum atomic E-state index is -0.998. The summed E-state index contributed by atoms with van der Waals surface area (Å²) in [6.45, 7) is 0. The van der Waals surface area contributed by atoms with Gasteiger partial charge in [-0.05, 0) is 53.7 Å². The molecule has 0 bridgehead atoms. The van der Waals surface area contributed by atoms with Gasteiger partial charge in [-0.1, -0.05) is 0 Å². The van der Waals surface area contributed by atoms with Crippen molar-refractivity contribution in [3.8, 4) is 22.9 Å². The van der Waals surface area contributed by atoms with Crippen molar-refractivity contribution < 1.29 is 14.3 Å². The average molecular weight is 295 g/mol. The molecule has 0 aliphatic carbocycles. The molecule has 0 amide bonds. The second-order valence-electron chi connectivity index (χ2n) is 4.43. The van der Waals surface area contributed by atoms with Gasteiger partial charge in [0.25, 0.3) is 0 Å². The summed E-state index contributed by atoms with van der Waals surface area (Å²) in [5.74, 6) is -0.416. The van der Waals surface area contributed by atoms with Crippen LogP contribution in [0.2, 0.25) is 0 Å². The molecule has 7 nitrogen and oxygen atoms in total. The van der Waals surface area contributed by atoms with E-state index in [1.54, 1.807) is 36.4 Å². The van der Waals surface area contributed by atoms with Crippen LogP contribution in [-0.4, -0.2) is 21.3 Å². The first-order chi connectivity index (χ1) is 10.7. The Bertz CT molecular complexity index is 823. The van der Waals surface area contributed by atoms with Crippen molar-refractivity contribution in [1.82, 2.24) is 10.2 Å². The van der Waals surface area contributed by atoms with Crippen molar-refractivity contribution in [3.05, 3.63) is 59.0 Å². The Morgan fingerprint density at radius 1 is 0.909 bits per heavy atom. The molecule has 7 heteroatoms. The lowest BCUT2D eigenvalue weighted by atomic mass is 10.1. The third-order valence-corrected chi connectivity index (χ3v) is 3.02. The molecule has 0 aliphatic rings. The summed E-state index contributed by atoms with van der Waals surface area (Å²) < 4.78 is 5.55. The van der Waals surface area contributed by atoms with Gasteiger partial charge in [-0.2, -0.15) is 0 Å². The monoisotopic (exact) mass is 295 g/mol. The number of hydrogen-bond donors (Lipinski definition) is 1. The molecule has 0 fully saturated rings. The number of aromatic carboxylic acids is 1. The van der Waals surface area contributed by atoms with Crippen LogP contribution in [0.5, 0.6) is 0 Å². The lowest BCUT2D eigenvalue weighted by molar-refractivity contribution is 0.0697. The Labute approximate surface area is 124 Å². The molecule has 108 valence electrons. The van der Waals surface area contributed by atoms with Gasteiger partial charge in [-0.25, -0.2) is 4.79 Å². The molecule has 2 aromatic carbocycles. The Hall–Kier alpha value is -3.35. The molecule has 1 N–H and O–H groups in total. The molecule has 22 heavy (non-hydrogen) atoms. The first-order valence-corrected chi connectivity index (χ1v) is 6.28. The Balaban J connectivity index is 1.89. The standard InChI is InChI=1S/C15H9N3O4/c19-15(20)11-3-1-9(2-4-11)13-16-17-14(22-13)10-5-7-12(18-21)8-6-10/h1-8H,(H,19,20). The number of rotatable bonds is 4. The molecule has 3 aromatic rings. The van der Waals surface area contributed by atoms with E-state index >= 15 is 0 Å². The van der Waals surface area contributed by atoms with Gasteiger partial charge in [0.1, 0.15) is 5.69 Å². The summed E-state index contributed by atoms with van der Waals surface area (Å²) >= 11 is 0. The molecule has 0 saturated heterocycles. The summed E-state index contributed by atoms with van der Waals surface area (Å²) in [4.78, 5) is 21.2. The molecule has 1 aromatic heterocycles. The maximum atomic E-state index is 10.8. The lowest BCUT2D eigenvalue weighted by Gasteiger charge is -1.97. The zero-order valence-corrected chi connectivity index (χ0v) is 11.1. The fraction of sp³-hybridized carbons (Fsp3) is 0. The maximum Gasteiger partial charge on any atom is 0.335 e. The average Bonchev–Trinajstić information content (AvgIpc) is 3.05. The molecule has 0 atom stereocenters. The van der Waals surface area contributed by atoms with Crippen molar-refractivity contribution in [3.63, 3.8) is 0 Å². The van der Waals surface area contributed by atoms with Crippen LogP contribution in [0.1, 0.15) is 10.4 Å².